The normalized spacial score (nSPS) is 16.2. The number of aromatic nitrogens is 2. The Hall–Kier alpha value is -3.76. The van der Waals surface area contributed by atoms with Gasteiger partial charge in [-0.2, -0.15) is 0 Å². The van der Waals surface area contributed by atoms with E-state index in [0.29, 0.717) is 35.8 Å². The molecule has 0 spiro atoms. The maximum absolute atomic E-state index is 13.2. The van der Waals surface area contributed by atoms with Gasteiger partial charge in [0.15, 0.2) is 5.69 Å². The lowest BCUT2D eigenvalue weighted by Crippen LogP contribution is -2.50. The lowest BCUT2D eigenvalue weighted by Gasteiger charge is -2.39. The predicted octanol–water partition coefficient (Wildman–Crippen LogP) is 2.33. The summed E-state index contributed by atoms with van der Waals surface area (Å²) in [5, 5.41) is 13.3. The van der Waals surface area contributed by atoms with E-state index in [0.717, 1.165) is 0 Å². The van der Waals surface area contributed by atoms with E-state index >= 15 is 0 Å². The van der Waals surface area contributed by atoms with E-state index in [9.17, 15) is 23.9 Å². The van der Waals surface area contributed by atoms with Gasteiger partial charge in [0.1, 0.15) is 17.7 Å². The maximum Gasteiger partial charge on any atom is 0.294 e. The van der Waals surface area contributed by atoms with Gasteiger partial charge in [0.2, 0.25) is 5.75 Å². The van der Waals surface area contributed by atoms with Crippen LogP contribution in [-0.2, 0) is 6.54 Å². The van der Waals surface area contributed by atoms with Crippen LogP contribution in [0.25, 0.3) is 0 Å². The molecule has 1 aliphatic rings. The van der Waals surface area contributed by atoms with Crippen molar-refractivity contribution in [3.05, 3.63) is 92.4 Å². The minimum Gasteiger partial charge on any atom is -0.501 e. The average molecular weight is 500 g/mol. The van der Waals surface area contributed by atoms with E-state index in [1.807, 2.05) is 11.9 Å². The molecule has 2 aromatic carbocycles. The highest BCUT2D eigenvalue weighted by Crippen LogP contribution is 2.25. The van der Waals surface area contributed by atoms with Crippen molar-refractivity contribution in [2.75, 3.05) is 26.7 Å². The molecule has 1 unspecified atom stereocenters. The van der Waals surface area contributed by atoms with E-state index < -0.39 is 34.8 Å². The van der Waals surface area contributed by atoms with Crippen molar-refractivity contribution in [3.8, 4) is 5.75 Å². The number of amides is 2. The number of benzene rings is 2. The maximum atomic E-state index is 13.2. The minimum atomic E-state index is -0.894. The Morgan fingerprint density at radius 2 is 1.86 bits per heavy atom. The number of halogens is 2. The Morgan fingerprint density at radius 3 is 2.54 bits per heavy atom. The summed E-state index contributed by atoms with van der Waals surface area (Å²) in [6, 6.07) is 11.3. The summed E-state index contributed by atoms with van der Waals surface area (Å²) < 4.78 is 13.1. The first-order valence-corrected chi connectivity index (χ1v) is 11.2. The van der Waals surface area contributed by atoms with Gasteiger partial charge < -0.3 is 25.2 Å². The van der Waals surface area contributed by atoms with E-state index in [-0.39, 0.29) is 18.3 Å². The van der Waals surface area contributed by atoms with Gasteiger partial charge in [-0.15, -0.1) is 0 Å². The number of hydrogen-bond donors (Lipinski definition) is 3. The van der Waals surface area contributed by atoms with E-state index in [1.54, 1.807) is 29.2 Å². The topological polar surface area (TPSA) is 119 Å². The van der Waals surface area contributed by atoms with Crippen LogP contribution in [-0.4, -0.2) is 63.4 Å². The Kier molecular flexibility index (Phi) is 7.13. The Bertz CT molecular complexity index is 1300. The molecule has 3 aromatic rings. The van der Waals surface area contributed by atoms with E-state index in [4.69, 9.17) is 11.6 Å². The van der Waals surface area contributed by atoms with Gasteiger partial charge in [-0.25, -0.2) is 9.37 Å². The molecule has 1 aliphatic heterocycles. The molecule has 4 rings (SSSR count). The number of carbonyl (C=O) groups is 2. The highest BCUT2D eigenvalue weighted by Gasteiger charge is 2.34. The largest absolute Gasteiger partial charge is 0.501 e. The molecule has 3 N–H and O–H groups in total. The van der Waals surface area contributed by atoms with Gasteiger partial charge in [0.25, 0.3) is 17.4 Å². The number of aromatic hydroxyl groups is 1. The quantitative estimate of drug-likeness (QED) is 0.496. The number of nitrogens with zero attached hydrogens (tertiary/aromatic N) is 3. The fourth-order valence-electron chi connectivity index (χ4n) is 3.82. The van der Waals surface area contributed by atoms with Crippen LogP contribution in [0.2, 0.25) is 5.02 Å². The summed E-state index contributed by atoms with van der Waals surface area (Å²) >= 11 is 5.94. The monoisotopic (exact) mass is 499 g/mol. The molecule has 0 radical (unpaired) electrons. The zero-order chi connectivity index (χ0) is 25.1. The fourth-order valence-corrected chi connectivity index (χ4v) is 3.95. The zero-order valence-corrected chi connectivity index (χ0v) is 19.6. The lowest BCUT2D eigenvalue weighted by atomic mass is 10.1. The van der Waals surface area contributed by atoms with Crippen molar-refractivity contribution < 1.29 is 19.1 Å². The van der Waals surface area contributed by atoms with Crippen molar-refractivity contribution in [1.82, 2.24) is 25.1 Å². The number of aromatic amines is 1. The van der Waals surface area contributed by atoms with Gasteiger partial charge in [-0.1, -0.05) is 23.7 Å². The predicted molar refractivity (Wildman–Crippen MR) is 127 cm³/mol. The molecule has 1 atom stereocenters. The van der Waals surface area contributed by atoms with Crippen molar-refractivity contribution in [3.63, 3.8) is 0 Å². The third-order valence-corrected chi connectivity index (χ3v) is 6.00. The fraction of sp³-hybridized carbons (Fsp3) is 0.250. The Morgan fingerprint density at radius 1 is 1.17 bits per heavy atom. The minimum absolute atomic E-state index is 0.0374. The van der Waals surface area contributed by atoms with Crippen molar-refractivity contribution >= 4 is 23.4 Å². The molecule has 2 heterocycles. The molecular formula is C24H23ClFN5O4. The highest BCUT2D eigenvalue weighted by molar-refractivity contribution is 6.30. The van der Waals surface area contributed by atoms with Crippen LogP contribution >= 0.6 is 11.6 Å². The average Bonchev–Trinajstić information content (AvgIpc) is 2.85. The number of nitrogens with one attached hydrogen (secondary N) is 2. The summed E-state index contributed by atoms with van der Waals surface area (Å²) in [5.41, 5.74) is -0.313. The molecule has 182 valence electrons. The van der Waals surface area contributed by atoms with Crippen LogP contribution in [0.4, 0.5) is 4.39 Å². The van der Waals surface area contributed by atoms with Crippen LogP contribution < -0.4 is 10.9 Å². The molecule has 0 saturated carbocycles. The number of carbonyl (C=O) groups excluding carboxylic acids is 2. The molecule has 35 heavy (non-hydrogen) atoms. The van der Waals surface area contributed by atoms with Crippen LogP contribution in [0.15, 0.2) is 53.3 Å². The second-order valence-electron chi connectivity index (χ2n) is 8.24. The molecular weight excluding hydrogens is 477 g/mol. The first-order chi connectivity index (χ1) is 16.7. The molecule has 2 amide bonds. The third kappa shape index (κ3) is 5.50. The Balaban J connectivity index is 1.62. The molecule has 1 fully saturated rings. The van der Waals surface area contributed by atoms with E-state index in [1.165, 1.54) is 24.3 Å². The molecule has 0 bridgehead atoms. The van der Waals surface area contributed by atoms with Gasteiger partial charge >= 0.3 is 0 Å². The van der Waals surface area contributed by atoms with Crippen LogP contribution in [0.5, 0.6) is 5.75 Å². The summed E-state index contributed by atoms with van der Waals surface area (Å²) in [4.78, 5) is 48.8. The molecule has 1 aromatic heterocycles. The second kappa shape index (κ2) is 10.2. The van der Waals surface area contributed by atoms with Gasteiger partial charge in [0, 0.05) is 36.8 Å². The third-order valence-electron chi connectivity index (χ3n) is 5.75. The van der Waals surface area contributed by atoms with E-state index in [2.05, 4.69) is 15.3 Å². The summed E-state index contributed by atoms with van der Waals surface area (Å²) in [6.07, 6.45) is 0. The molecule has 1 saturated heterocycles. The number of likely N-dealkylation sites (N-methyl/N-ethyl adjacent to an activating group) is 1. The first kappa shape index (κ1) is 24.4. The van der Waals surface area contributed by atoms with Gasteiger partial charge in [-0.3, -0.25) is 14.4 Å². The van der Waals surface area contributed by atoms with Crippen molar-refractivity contribution in [2.45, 2.75) is 12.6 Å². The second-order valence-corrected chi connectivity index (χ2v) is 8.68. The Labute approximate surface area is 205 Å². The zero-order valence-electron chi connectivity index (χ0n) is 18.8. The van der Waals surface area contributed by atoms with Crippen LogP contribution in [0, 0.1) is 5.82 Å². The smallest absolute Gasteiger partial charge is 0.294 e. The lowest BCUT2D eigenvalue weighted by molar-refractivity contribution is 0.0480. The van der Waals surface area contributed by atoms with Crippen molar-refractivity contribution in [2.24, 2.45) is 0 Å². The first-order valence-electron chi connectivity index (χ1n) is 10.8. The van der Waals surface area contributed by atoms with Gasteiger partial charge in [-0.05, 0) is 49.0 Å². The number of hydrogen-bond acceptors (Lipinski definition) is 6. The number of rotatable bonds is 5. The van der Waals surface area contributed by atoms with Gasteiger partial charge in [0.05, 0.1) is 0 Å². The number of piperazine rings is 1. The summed E-state index contributed by atoms with van der Waals surface area (Å²) in [5.74, 6) is -2.22. The summed E-state index contributed by atoms with van der Waals surface area (Å²) in [7, 11) is 1.87. The molecule has 0 aliphatic carbocycles. The standard InChI is InChI=1S/C24H23ClFN5O4/c1-30-10-11-31(24(35)15-4-6-16(25)7-5-15)18(13-30)21-28-19(20(32)23(34)29-21)22(33)27-12-14-2-8-17(26)9-3-14/h2-9,18,32H,10-13H2,1H3,(H,27,33)(H,28,29,34). The van der Waals surface area contributed by atoms with Crippen LogP contribution in [0.3, 0.4) is 0 Å². The summed E-state index contributed by atoms with van der Waals surface area (Å²) in [6.45, 7) is 1.35. The van der Waals surface area contributed by atoms with Crippen molar-refractivity contribution in [1.29, 1.82) is 0 Å². The molecule has 9 nitrogen and oxygen atoms in total. The molecule has 11 heteroatoms. The SMILES string of the molecule is CN1CCN(C(=O)c2ccc(Cl)cc2)C(c2nc(C(=O)NCc3ccc(F)cc3)c(O)c(=O)[nH]2)C1. The highest BCUT2D eigenvalue weighted by atomic mass is 35.5. The van der Waals surface area contributed by atoms with Crippen LogP contribution in [0.1, 0.15) is 38.3 Å². The number of H-pyrrole nitrogens is 1.